The van der Waals surface area contributed by atoms with Gasteiger partial charge in [-0.1, -0.05) is 44.9 Å². The molecule has 1 aromatic rings. The molecule has 0 amide bonds. The summed E-state index contributed by atoms with van der Waals surface area (Å²) in [6, 6.07) is 4.25. The van der Waals surface area contributed by atoms with Crippen molar-refractivity contribution in [3.8, 4) is 0 Å². The van der Waals surface area contributed by atoms with Gasteiger partial charge < -0.3 is 0 Å². The summed E-state index contributed by atoms with van der Waals surface area (Å²) in [4.78, 5) is 4.64. The minimum Gasteiger partial charge on any atom is -0.261 e. The number of hydrogen-bond donors (Lipinski definition) is 0. The molecule has 31 heavy (non-hydrogen) atoms. The van der Waals surface area contributed by atoms with E-state index in [-0.39, 0.29) is 0 Å². The lowest BCUT2D eigenvalue weighted by molar-refractivity contribution is -0.0647. The van der Waals surface area contributed by atoms with Gasteiger partial charge in [0.05, 0.1) is 0 Å². The molecule has 0 unspecified atom stereocenters. The lowest BCUT2D eigenvalue weighted by Crippen LogP contribution is -2.48. The minimum atomic E-state index is 0.519. The van der Waals surface area contributed by atoms with E-state index in [2.05, 4.69) is 44.5 Å². The van der Waals surface area contributed by atoms with E-state index < -0.39 is 0 Å². The van der Waals surface area contributed by atoms with Gasteiger partial charge >= 0.3 is 0 Å². The highest BCUT2D eigenvalue weighted by Gasteiger charge is 2.57. The second kappa shape index (κ2) is 8.68. The lowest BCUT2D eigenvalue weighted by atomic mass is 9.49. The maximum atomic E-state index is 4.68. The molecule has 0 bridgehead atoms. The molecule has 170 valence electrons. The van der Waals surface area contributed by atoms with E-state index in [0.717, 1.165) is 54.3 Å². The van der Waals surface area contributed by atoms with Crippen LogP contribution >= 0.6 is 0 Å². The highest BCUT2D eigenvalue weighted by molar-refractivity contribution is 5.21. The molecule has 5 rings (SSSR count). The lowest BCUT2D eigenvalue weighted by Gasteiger charge is -2.56. The highest BCUT2D eigenvalue weighted by Crippen LogP contribution is 2.65. The van der Waals surface area contributed by atoms with E-state index in [4.69, 9.17) is 0 Å². The molecule has 0 saturated heterocycles. The molecule has 4 aliphatic carbocycles. The summed E-state index contributed by atoms with van der Waals surface area (Å²) in [5, 5.41) is 0. The number of hydrogen-bond acceptors (Lipinski definition) is 1. The van der Waals surface area contributed by atoms with Crippen molar-refractivity contribution in [2.24, 2.45) is 46.8 Å². The SMILES string of the molecule is C=C(CCc1ncccc1C)[C@H]1CC[C@H]2[C@@H]3CC[C@@H]4C[C@@H](CC)CC[C@@H]4[C@H]3CC[C@]12C. The fourth-order valence-corrected chi connectivity index (χ4v) is 9.23. The predicted octanol–water partition coefficient (Wildman–Crippen LogP) is 8.17. The van der Waals surface area contributed by atoms with Crippen LogP contribution in [0.2, 0.25) is 0 Å². The van der Waals surface area contributed by atoms with Crippen LogP contribution < -0.4 is 0 Å². The summed E-state index contributed by atoms with van der Waals surface area (Å²) in [7, 11) is 0. The Balaban J connectivity index is 1.26. The second-order valence-electron chi connectivity index (χ2n) is 12.1. The van der Waals surface area contributed by atoms with Crippen molar-refractivity contribution in [2.75, 3.05) is 0 Å². The van der Waals surface area contributed by atoms with Crippen LogP contribution in [0.5, 0.6) is 0 Å². The van der Waals surface area contributed by atoms with Gasteiger partial charge in [-0.3, -0.25) is 4.98 Å². The highest BCUT2D eigenvalue weighted by atomic mass is 14.7. The molecule has 8 atom stereocenters. The topological polar surface area (TPSA) is 12.9 Å². The molecule has 1 heterocycles. The number of fused-ring (bicyclic) bond motifs is 5. The summed E-state index contributed by atoms with van der Waals surface area (Å²) in [5.41, 5.74) is 4.66. The van der Waals surface area contributed by atoms with Crippen LogP contribution in [0.3, 0.4) is 0 Å². The zero-order chi connectivity index (χ0) is 21.6. The van der Waals surface area contributed by atoms with Gasteiger partial charge in [0.1, 0.15) is 0 Å². The summed E-state index contributed by atoms with van der Waals surface area (Å²) < 4.78 is 0. The normalized spacial score (nSPS) is 41.8. The summed E-state index contributed by atoms with van der Waals surface area (Å²) in [6.07, 6.45) is 19.1. The molecule has 0 aromatic carbocycles. The smallest absolute Gasteiger partial charge is 0.0435 e. The largest absolute Gasteiger partial charge is 0.261 e. The first-order valence-corrected chi connectivity index (χ1v) is 13.6. The summed E-state index contributed by atoms with van der Waals surface area (Å²) in [5.74, 6) is 6.96. The Kier molecular flexibility index (Phi) is 6.08. The van der Waals surface area contributed by atoms with Gasteiger partial charge in [-0.15, -0.1) is 0 Å². The first-order valence-electron chi connectivity index (χ1n) is 13.6. The third-order valence-electron chi connectivity index (χ3n) is 10.9. The first-order chi connectivity index (χ1) is 15.0. The number of nitrogens with zero attached hydrogens (tertiary/aromatic N) is 1. The van der Waals surface area contributed by atoms with Gasteiger partial charge in [-0.2, -0.15) is 0 Å². The molecule has 1 heteroatoms. The summed E-state index contributed by atoms with van der Waals surface area (Å²) >= 11 is 0. The molecule has 4 saturated carbocycles. The molecule has 0 N–H and O–H groups in total. The molecule has 4 aliphatic rings. The molecule has 4 fully saturated rings. The molecular weight excluding hydrogens is 374 g/mol. The second-order valence-corrected chi connectivity index (χ2v) is 12.1. The molecule has 0 radical (unpaired) electrons. The first kappa shape index (κ1) is 21.7. The van der Waals surface area contributed by atoms with E-state index in [0.29, 0.717) is 5.41 Å². The van der Waals surface area contributed by atoms with Crippen LogP contribution in [-0.2, 0) is 6.42 Å². The Morgan fingerprint density at radius 3 is 2.71 bits per heavy atom. The fraction of sp³-hybridized carbons (Fsp3) is 0.767. The van der Waals surface area contributed by atoms with Crippen LogP contribution in [0.15, 0.2) is 30.5 Å². The van der Waals surface area contributed by atoms with E-state index in [9.17, 15) is 0 Å². The number of aromatic nitrogens is 1. The average Bonchev–Trinajstić information content (AvgIpc) is 3.15. The molecule has 1 aromatic heterocycles. The summed E-state index contributed by atoms with van der Waals surface area (Å²) in [6.45, 7) is 12.0. The maximum Gasteiger partial charge on any atom is 0.0435 e. The fourth-order valence-electron chi connectivity index (χ4n) is 9.23. The third-order valence-corrected chi connectivity index (χ3v) is 10.9. The van der Waals surface area contributed by atoms with Gasteiger partial charge in [0.2, 0.25) is 0 Å². The molecular formula is C30H45N. The molecule has 0 spiro atoms. The zero-order valence-corrected chi connectivity index (χ0v) is 20.4. The van der Waals surface area contributed by atoms with E-state index >= 15 is 0 Å². The van der Waals surface area contributed by atoms with E-state index in [1.54, 1.807) is 19.3 Å². The Hall–Kier alpha value is -1.11. The number of pyridine rings is 1. The van der Waals surface area contributed by atoms with Gasteiger partial charge in [-0.25, -0.2) is 0 Å². The molecule has 0 aliphatic heterocycles. The van der Waals surface area contributed by atoms with Gasteiger partial charge in [0.25, 0.3) is 0 Å². The zero-order valence-electron chi connectivity index (χ0n) is 20.4. The van der Waals surface area contributed by atoms with Gasteiger partial charge in [-0.05, 0) is 130 Å². The third kappa shape index (κ3) is 3.83. The van der Waals surface area contributed by atoms with Crippen LogP contribution in [-0.4, -0.2) is 4.98 Å². The maximum absolute atomic E-state index is 4.68. The van der Waals surface area contributed by atoms with Crippen LogP contribution in [0.25, 0.3) is 0 Å². The number of rotatable bonds is 5. The van der Waals surface area contributed by atoms with Crippen LogP contribution in [0, 0.1) is 53.8 Å². The Morgan fingerprint density at radius 1 is 1.06 bits per heavy atom. The van der Waals surface area contributed by atoms with Crippen molar-refractivity contribution in [3.05, 3.63) is 41.7 Å². The van der Waals surface area contributed by atoms with Crippen molar-refractivity contribution in [1.82, 2.24) is 4.98 Å². The van der Waals surface area contributed by atoms with Crippen molar-refractivity contribution >= 4 is 0 Å². The standard InChI is InChI=1S/C30H45N/c1-5-22-9-11-24-23(19-22)10-12-26-25(24)16-17-30(4)27(13-14-28(26)30)20(2)8-15-29-21(3)7-6-18-31-29/h6-7,18,22-28H,2,5,8-17,19H2,1,3-4H3/t22-,23+,24-,25+,26+,27+,28-,30+/m0/s1. The Labute approximate surface area is 191 Å². The van der Waals surface area contributed by atoms with Gasteiger partial charge in [0.15, 0.2) is 0 Å². The minimum absolute atomic E-state index is 0.519. The Morgan fingerprint density at radius 2 is 1.90 bits per heavy atom. The van der Waals surface area contributed by atoms with E-state index in [1.165, 1.54) is 61.8 Å². The number of aryl methyl sites for hydroxylation is 2. The molecule has 1 nitrogen and oxygen atoms in total. The van der Waals surface area contributed by atoms with Crippen molar-refractivity contribution < 1.29 is 0 Å². The van der Waals surface area contributed by atoms with Crippen molar-refractivity contribution in [2.45, 2.75) is 97.8 Å². The van der Waals surface area contributed by atoms with Crippen molar-refractivity contribution in [1.29, 1.82) is 0 Å². The van der Waals surface area contributed by atoms with Crippen LogP contribution in [0.1, 0.15) is 95.7 Å². The Bertz CT molecular complexity index is 795. The monoisotopic (exact) mass is 419 g/mol. The predicted molar refractivity (Wildman–Crippen MR) is 131 cm³/mol. The van der Waals surface area contributed by atoms with Crippen LogP contribution in [0.4, 0.5) is 0 Å². The average molecular weight is 420 g/mol. The number of allylic oxidation sites excluding steroid dienone is 1. The van der Waals surface area contributed by atoms with Crippen molar-refractivity contribution in [3.63, 3.8) is 0 Å². The van der Waals surface area contributed by atoms with E-state index in [1.807, 2.05) is 6.20 Å². The quantitative estimate of drug-likeness (QED) is 0.438. The van der Waals surface area contributed by atoms with Gasteiger partial charge in [0, 0.05) is 11.9 Å².